The Balaban J connectivity index is 1.43. The summed E-state index contributed by atoms with van der Waals surface area (Å²) >= 11 is 0. The average Bonchev–Trinajstić information content (AvgIpc) is 3.07. The first kappa shape index (κ1) is 14.2. The average molecular weight is 318 g/mol. The minimum absolute atomic E-state index is 0.709. The van der Waals surface area contributed by atoms with E-state index in [1.165, 1.54) is 23.1 Å². The molecule has 2 saturated carbocycles. The number of rotatable bonds is 4. The monoisotopic (exact) mass is 318 g/mol. The molecule has 0 aromatic heterocycles. The van der Waals surface area contributed by atoms with Crippen LogP contribution in [-0.2, 0) is 0 Å². The summed E-state index contributed by atoms with van der Waals surface area (Å²) in [4.78, 5) is 0. The predicted molar refractivity (Wildman–Crippen MR) is 95.6 cm³/mol. The zero-order chi connectivity index (χ0) is 16.3. The van der Waals surface area contributed by atoms with E-state index in [1.54, 1.807) is 14.2 Å². The molecule has 0 saturated heterocycles. The molecule has 2 nitrogen and oxygen atoms in total. The summed E-state index contributed by atoms with van der Waals surface area (Å²) in [7, 11) is 3.45. The largest absolute Gasteiger partial charge is 0.493 e. The Morgan fingerprint density at radius 2 is 1.46 bits per heavy atom. The lowest BCUT2D eigenvalue weighted by Crippen LogP contribution is -2.02. The minimum Gasteiger partial charge on any atom is -0.493 e. The van der Waals surface area contributed by atoms with E-state index in [0.29, 0.717) is 11.8 Å². The van der Waals surface area contributed by atoms with Crippen LogP contribution in [-0.4, -0.2) is 14.2 Å². The Morgan fingerprint density at radius 1 is 0.875 bits per heavy atom. The molecule has 0 spiro atoms. The molecule has 0 aliphatic heterocycles. The Bertz CT molecular complexity index is 765. The van der Waals surface area contributed by atoms with Gasteiger partial charge in [-0.15, -0.1) is 0 Å². The molecule has 0 radical (unpaired) electrons. The summed E-state index contributed by atoms with van der Waals surface area (Å²) < 4.78 is 11.0. The van der Waals surface area contributed by atoms with Crippen LogP contribution in [0.3, 0.4) is 0 Å². The van der Waals surface area contributed by atoms with Gasteiger partial charge < -0.3 is 9.47 Å². The number of methoxy groups -OCH3 is 2. The highest BCUT2D eigenvalue weighted by molar-refractivity contribution is 5.58. The summed E-state index contributed by atoms with van der Waals surface area (Å²) in [5.41, 5.74) is 4.32. The van der Waals surface area contributed by atoms with Crippen molar-refractivity contribution in [2.45, 2.75) is 18.3 Å². The van der Waals surface area contributed by atoms with Gasteiger partial charge in [0, 0.05) is 0 Å². The van der Waals surface area contributed by atoms with E-state index in [9.17, 15) is 0 Å². The summed E-state index contributed by atoms with van der Waals surface area (Å²) in [6.45, 7) is 0. The second-order valence-electron chi connectivity index (χ2n) is 7.29. The second-order valence-corrected chi connectivity index (χ2v) is 7.29. The van der Waals surface area contributed by atoms with Gasteiger partial charge in [0.25, 0.3) is 0 Å². The summed E-state index contributed by atoms with van der Waals surface area (Å²) in [6, 6.07) is 15.1. The van der Waals surface area contributed by atoms with Crippen molar-refractivity contribution in [3.63, 3.8) is 0 Å². The Kier molecular flexibility index (Phi) is 3.03. The van der Waals surface area contributed by atoms with Crippen LogP contribution in [0.5, 0.6) is 11.5 Å². The van der Waals surface area contributed by atoms with Crippen LogP contribution in [0.1, 0.15) is 34.9 Å². The topological polar surface area (TPSA) is 18.5 Å². The van der Waals surface area contributed by atoms with Gasteiger partial charge in [-0.05, 0) is 64.8 Å². The Morgan fingerprint density at radius 3 is 2.00 bits per heavy atom. The Labute approximate surface area is 143 Å². The molecule has 0 heterocycles. The van der Waals surface area contributed by atoms with Crippen LogP contribution < -0.4 is 9.47 Å². The molecule has 1 unspecified atom stereocenters. The number of hydrogen-bond acceptors (Lipinski definition) is 2. The summed E-state index contributed by atoms with van der Waals surface area (Å²) in [5.74, 6) is 5.56. The van der Waals surface area contributed by atoms with Crippen molar-refractivity contribution >= 4 is 6.08 Å². The molecule has 2 aromatic rings. The van der Waals surface area contributed by atoms with Crippen LogP contribution in [0, 0.1) is 17.8 Å². The van der Waals surface area contributed by atoms with Crippen molar-refractivity contribution in [1.82, 2.24) is 0 Å². The van der Waals surface area contributed by atoms with E-state index < -0.39 is 0 Å². The molecule has 2 bridgehead atoms. The summed E-state index contributed by atoms with van der Waals surface area (Å²) in [5, 5.41) is 0. The summed E-state index contributed by atoms with van der Waals surface area (Å²) in [6.07, 6.45) is 6.06. The van der Waals surface area contributed by atoms with Gasteiger partial charge in [0.05, 0.1) is 14.2 Å². The number of fused-ring (bicyclic) bond motifs is 8. The first-order valence-electron chi connectivity index (χ1n) is 8.81. The van der Waals surface area contributed by atoms with Gasteiger partial charge in [0.1, 0.15) is 0 Å². The van der Waals surface area contributed by atoms with Crippen molar-refractivity contribution in [3.05, 3.63) is 65.2 Å². The Hall–Kier alpha value is -2.22. The van der Waals surface area contributed by atoms with Gasteiger partial charge >= 0.3 is 0 Å². The first-order chi connectivity index (χ1) is 11.8. The van der Waals surface area contributed by atoms with Gasteiger partial charge in [-0.1, -0.05) is 42.5 Å². The van der Waals surface area contributed by atoms with Gasteiger partial charge in [0.15, 0.2) is 11.5 Å². The van der Waals surface area contributed by atoms with Crippen LogP contribution in [0.15, 0.2) is 48.5 Å². The molecule has 2 aromatic carbocycles. The lowest BCUT2D eigenvalue weighted by Gasteiger charge is -2.17. The normalized spacial score (nSPS) is 31.8. The van der Waals surface area contributed by atoms with Gasteiger partial charge in [-0.25, -0.2) is 0 Å². The third-order valence-electron chi connectivity index (χ3n) is 6.33. The molecule has 5 atom stereocenters. The smallest absolute Gasteiger partial charge is 0.161 e. The molecule has 24 heavy (non-hydrogen) atoms. The maximum absolute atomic E-state index is 5.51. The van der Waals surface area contributed by atoms with E-state index in [2.05, 4.69) is 54.6 Å². The van der Waals surface area contributed by atoms with Crippen LogP contribution in [0.25, 0.3) is 6.08 Å². The second kappa shape index (κ2) is 5.14. The molecular formula is C22H22O2. The van der Waals surface area contributed by atoms with Crippen molar-refractivity contribution in [3.8, 4) is 11.5 Å². The maximum atomic E-state index is 5.51. The van der Waals surface area contributed by atoms with Gasteiger partial charge in [0.2, 0.25) is 0 Å². The van der Waals surface area contributed by atoms with Crippen molar-refractivity contribution < 1.29 is 9.47 Å². The molecule has 2 heteroatoms. The standard InChI is InChI=1S/C22H22O2/c1-23-19-11-15-16(12-20(19)24-2)18-10-17(15)21-14(22(18)21)9-8-13-6-4-3-5-7-13/h3-9,11-12,14,17-18,21-22H,10H2,1-2H3/b9-8+/t14?,17-,18+,21-,22+. The lowest BCUT2D eigenvalue weighted by atomic mass is 9.91. The third kappa shape index (κ3) is 1.89. The highest BCUT2D eigenvalue weighted by atomic mass is 16.5. The number of benzene rings is 2. The predicted octanol–water partition coefficient (Wildman–Crippen LogP) is 4.86. The highest BCUT2D eigenvalue weighted by Crippen LogP contribution is 2.74. The van der Waals surface area contributed by atoms with Crippen LogP contribution >= 0.6 is 0 Å². The van der Waals surface area contributed by atoms with Crippen molar-refractivity contribution in [1.29, 1.82) is 0 Å². The molecular weight excluding hydrogens is 296 g/mol. The van der Waals surface area contributed by atoms with E-state index in [1.807, 2.05) is 0 Å². The minimum atomic E-state index is 0.709. The number of allylic oxidation sites excluding steroid dienone is 1. The first-order valence-corrected chi connectivity index (χ1v) is 8.81. The molecule has 5 rings (SSSR count). The fourth-order valence-corrected chi connectivity index (χ4v) is 5.31. The third-order valence-corrected chi connectivity index (χ3v) is 6.33. The number of ether oxygens (including phenoxy) is 2. The molecule has 122 valence electrons. The number of hydrogen-bond donors (Lipinski definition) is 0. The van der Waals surface area contributed by atoms with E-state index in [-0.39, 0.29) is 0 Å². The zero-order valence-corrected chi connectivity index (χ0v) is 14.1. The van der Waals surface area contributed by atoms with E-state index in [0.717, 1.165) is 29.3 Å². The highest BCUT2D eigenvalue weighted by Gasteiger charge is 2.65. The SMILES string of the molecule is COc1cc2c(cc1OC)[C@@H]1C[C@H]2[C@H]2C(/C=C/c3ccccc3)[C@H]21. The molecule has 0 amide bonds. The van der Waals surface area contributed by atoms with E-state index >= 15 is 0 Å². The van der Waals surface area contributed by atoms with Crippen LogP contribution in [0.4, 0.5) is 0 Å². The van der Waals surface area contributed by atoms with Gasteiger partial charge in [-0.3, -0.25) is 0 Å². The van der Waals surface area contributed by atoms with Crippen molar-refractivity contribution in [2.75, 3.05) is 14.2 Å². The zero-order valence-electron chi connectivity index (χ0n) is 14.1. The quantitative estimate of drug-likeness (QED) is 0.801. The van der Waals surface area contributed by atoms with Crippen LogP contribution in [0.2, 0.25) is 0 Å². The van der Waals surface area contributed by atoms with E-state index in [4.69, 9.17) is 9.47 Å². The van der Waals surface area contributed by atoms with Gasteiger partial charge in [-0.2, -0.15) is 0 Å². The maximum Gasteiger partial charge on any atom is 0.161 e. The van der Waals surface area contributed by atoms with Crippen molar-refractivity contribution in [2.24, 2.45) is 17.8 Å². The fourth-order valence-electron chi connectivity index (χ4n) is 5.31. The molecule has 0 N–H and O–H groups in total. The molecule has 2 fully saturated rings. The fraction of sp³-hybridized carbons (Fsp3) is 0.364. The molecule has 3 aliphatic rings. The molecule has 3 aliphatic carbocycles. The lowest BCUT2D eigenvalue weighted by molar-refractivity contribution is 0.353.